The fourth-order valence-electron chi connectivity index (χ4n) is 3.67. The minimum atomic E-state index is -4.63. The van der Waals surface area contributed by atoms with Crippen molar-refractivity contribution in [3.63, 3.8) is 0 Å². The number of nitrogens with one attached hydrogen (secondary N) is 3. The molecule has 4 rings (SSSR count). The molecule has 1 aliphatic rings. The van der Waals surface area contributed by atoms with Gasteiger partial charge in [-0.25, -0.2) is 13.2 Å². The number of carboxylic acids is 1. The number of ketones is 1. The molecule has 0 saturated carbocycles. The van der Waals surface area contributed by atoms with Crippen LogP contribution >= 0.6 is 0 Å². The Morgan fingerprint density at radius 3 is 2.13 bits per heavy atom. The number of ether oxygens (including phenoxy) is 1. The molecule has 17 heteroatoms. The van der Waals surface area contributed by atoms with E-state index in [0.29, 0.717) is 22.7 Å². The summed E-state index contributed by atoms with van der Waals surface area (Å²) in [5, 5.41) is 28.5. The Balaban J connectivity index is 0.00000353. The normalized spacial score (nSPS) is 13.6. The third-order valence-electron chi connectivity index (χ3n) is 5.76. The molecule has 3 aromatic rings. The Hall–Kier alpha value is -3.67. The van der Waals surface area contributed by atoms with Gasteiger partial charge in [0.15, 0.2) is 5.78 Å². The summed E-state index contributed by atoms with van der Waals surface area (Å²) < 4.78 is 38.9. The summed E-state index contributed by atoms with van der Waals surface area (Å²) in [6.07, 6.45) is 2.56. The molecule has 0 bridgehead atoms. The summed E-state index contributed by atoms with van der Waals surface area (Å²) in [5.74, 6) is -1.95. The van der Waals surface area contributed by atoms with Crippen molar-refractivity contribution in [2.75, 3.05) is 23.2 Å². The molecule has 3 aromatic carbocycles. The fraction of sp³-hybridized carbons (Fsp3) is 0.0714. The third kappa shape index (κ3) is 10.4. The van der Waals surface area contributed by atoms with Crippen molar-refractivity contribution >= 4 is 62.1 Å². The maximum absolute atomic E-state index is 12.6. The van der Waals surface area contributed by atoms with Crippen LogP contribution in [0.3, 0.4) is 0 Å². The molecule has 14 nitrogen and oxygen atoms in total. The van der Waals surface area contributed by atoms with E-state index in [-0.39, 0.29) is 81.8 Å². The average Bonchev–Trinajstić information content (AvgIpc) is 2.97. The number of hydrazone groups is 1. The Kier molecular flexibility index (Phi) is 13.8. The molecule has 1 aliphatic carbocycles. The van der Waals surface area contributed by atoms with Gasteiger partial charge in [-0.15, -0.1) is 0 Å². The minimum absolute atomic E-state index is 0. The van der Waals surface area contributed by atoms with Crippen molar-refractivity contribution in [2.45, 2.75) is 11.8 Å². The predicted molar refractivity (Wildman–Crippen MR) is 154 cm³/mol. The zero-order chi connectivity index (χ0) is 31.1. The molecule has 0 fully saturated rings. The van der Waals surface area contributed by atoms with Gasteiger partial charge in [-0.2, -0.15) is 15.3 Å². The summed E-state index contributed by atoms with van der Waals surface area (Å²) in [7, 11) is -3.24. The summed E-state index contributed by atoms with van der Waals surface area (Å²) >= 11 is 0. The number of benzene rings is 3. The van der Waals surface area contributed by atoms with Gasteiger partial charge < -0.3 is 29.8 Å². The van der Waals surface area contributed by atoms with Gasteiger partial charge in [-0.3, -0.25) is 10.2 Å². The number of allylic oxidation sites excluding steroid dienone is 3. The number of Topliss-reactive ketones (excluding diaryl/α,β-unsaturated/α-hetero) is 1. The van der Waals surface area contributed by atoms with E-state index >= 15 is 0 Å². The fourth-order valence-corrected chi connectivity index (χ4v) is 4.19. The number of carbonyl (C=O) groups is 3. The van der Waals surface area contributed by atoms with Crippen molar-refractivity contribution in [2.24, 2.45) is 15.3 Å². The molecule has 45 heavy (non-hydrogen) atoms. The molecular weight excluding hydrogens is 626 g/mol. The van der Waals surface area contributed by atoms with Gasteiger partial charge in [-0.1, -0.05) is 6.07 Å². The van der Waals surface area contributed by atoms with Crippen LogP contribution < -0.4 is 85.0 Å². The zero-order valence-electron chi connectivity index (χ0n) is 24.5. The average molecular weight is 649 g/mol. The van der Waals surface area contributed by atoms with Crippen LogP contribution in [0.5, 0.6) is 5.75 Å². The smallest absolute Gasteiger partial charge is 0.744 e. The number of hydrogen-bond acceptors (Lipinski definition) is 12. The van der Waals surface area contributed by atoms with E-state index in [1.54, 1.807) is 30.3 Å². The number of nitrogens with zero attached hydrogens (tertiary/aromatic N) is 3. The van der Waals surface area contributed by atoms with E-state index in [2.05, 4.69) is 31.4 Å². The largest absolute Gasteiger partial charge is 1.00 e. The van der Waals surface area contributed by atoms with Crippen molar-refractivity contribution < 1.29 is 96.3 Å². The topological polar surface area (TPSA) is 214 Å². The van der Waals surface area contributed by atoms with Crippen molar-refractivity contribution in [1.82, 2.24) is 0 Å². The number of anilines is 3. The van der Waals surface area contributed by atoms with Crippen LogP contribution in [0.4, 0.5) is 33.2 Å². The van der Waals surface area contributed by atoms with Crippen LogP contribution in [0.25, 0.3) is 0 Å². The molecule has 0 aromatic heterocycles. The molecule has 0 aliphatic heterocycles. The molecule has 2 amide bonds. The molecule has 0 unspecified atom stereocenters. The zero-order valence-corrected chi connectivity index (χ0v) is 29.3. The van der Waals surface area contributed by atoms with Gasteiger partial charge in [0.05, 0.1) is 46.4 Å². The van der Waals surface area contributed by atoms with E-state index in [1.165, 1.54) is 44.4 Å². The van der Waals surface area contributed by atoms with E-state index in [4.69, 9.17) is 4.74 Å². The first-order valence-corrected chi connectivity index (χ1v) is 13.7. The molecular formula is C28H22N6Na2O8S. The summed E-state index contributed by atoms with van der Waals surface area (Å²) in [6.45, 7) is 1.48. The van der Waals surface area contributed by atoms with Crippen LogP contribution in [0, 0.1) is 0 Å². The Labute approximate surface area is 302 Å². The van der Waals surface area contributed by atoms with E-state index in [9.17, 15) is 32.5 Å². The van der Waals surface area contributed by atoms with E-state index in [1.807, 2.05) is 0 Å². The maximum atomic E-state index is 12.6. The first kappa shape index (κ1) is 37.5. The van der Waals surface area contributed by atoms with Gasteiger partial charge in [0.2, 0.25) is 0 Å². The van der Waals surface area contributed by atoms with Gasteiger partial charge in [0, 0.05) is 17.3 Å². The molecule has 0 heterocycles. The van der Waals surface area contributed by atoms with Crippen molar-refractivity contribution in [3.8, 4) is 5.75 Å². The Bertz CT molecular complexity index is 1840. The Morgan fingerprint density at radius 1 is 0.867 bits per heavy atom. The third-order valence-corrected chi connectivity index (χ3v) is 6.59. The second kappa shape index (κ2) is 16.6. The molecule has 0 radical (unpaired) electrons. The summed E-state index contributed by atoms with van der Waals surface area (Å²) in [6, 6.07) is 15.6. The first-order chi connectivity index (χ1) is 20.4. The number of rotatable bonds is 9. The summed E-state index contributed by atoms with van der Waals surface area (Å²) in [4.78, 5) is 35.2. The minimum Gasteiger partial charge on any atom is -0.744 e. The molecule has 3 N–H and O–H groups in total. The number of azo groups is 1. The van der Waals surface area contributed by atoms with E-state index < -0.39 is 38.4 Å². The quantitative estimate of drug-likeness (QED) is 0.0565. The van der Waals surface area contributed by atoms with Crippen LogP contribution in [0.15, 0.2) is 110 Å². The number of methoxy groups -OCH3 is 1. The van der Waals surface area contributed by atoms with Crippen molar-refractivity contribution in [3.05, 3.63) is 90.0 Å². The second-order valence-electron chi connectivity index (χ2n) is 8.84. The van der Waals surface area contributed by atoms with Gasteiger partial charge in [0.25, 0.3) is 0 Å². The van der Waals surface area contributed by atoms with E-state index in [0.717, 1.165) is 18.2 Å². The second-order valence-corrected chi connectivity index (χ2v) is 10.2. The Morgan fingerprint density at radius 2 is 1.51 bits per heavy atom. The van der Waals surface area contributed by atoms with Gasteiger partial charge in [0.1, 0.15) is 15.9 Å². The van der Waals surface area contributed by atoms with Gasteiger partial charge in [-0.05, 0) is 79.2 Å². The number of carbonyl (C=O) groups excluding carboxylic acids is 3. The SMILES string of the molecule is COc1cc(N=Nc2cccc(S(=O)(=O)[O-])c2)ccc1NC(=O)Nc1ccc(NN=C2C=C(C)C(=O)C(C(=O)[O-])=C2)cc1.[Na+].[Na+]. The standard InChI is InChI=1S/C28H24N6O8S.2Na/c1-16-12-21(14-23(26(16)35)27(36)37)34-31-18-8-6-17(7-9-18)29-28(38)30-24-11-10-20(15-25(24)42-2)33-32-19-4-3-5-22(13-19)43(39,40)41;;/h3-15,31H,1-2H3,(H,36,37)(H2,29,30,38)(H,39,40,41);;/q;2*+1/p-2. The number of carboxylic acid groups (broad SMARTS) is 1. The summed E-state index contributed by atoms with van der Waals surface area (Å²) in [5.41, 5.74) is 4.50. The number of urea groups is 1. The van der Waals surface area contributed by atoms with Crippen molar-refractivity contribution in [1.29, 1.82) is 0 Å². The molecule has 220 valence electrons. The molecule has 0 spiro atoms. The molecule has 0 saturated heterocycles. The monoisotopic (exact) mass is 648 g/mol. The van der Waals surface area contributed by atoms with Crippen LogP contribution in [-0.2, 0) is 19.7 Å². The first-order valence-electron chi connectivity index (χ1n) is 12.3. The molecule has 0 atom stereocenters. The van der Waals surface area contributed by atoms with Gasteiger partial charge >= 0.3 is 65.1 Å². The maximum Gasteiger partial charge on any atom is 1.00 e. The number of amides is 2. The predicted octanol–water partition coefficient (Wildman–Crippen LogP) is -2.36. The number of aliphatic carboxylic acids is 1. The number of hydrogen-bond donors (Lipinski definition) is 3. The van der Waals surface area contributed by atoms with Crippen LogP contribution in [0.1, 0.15) is 6.92 Å². The van der Waals surface area contributed by atoms with Crippen LogP contribution in [-0.4, -0.2) is 43.6 Å². The van der Waals surface area contributed by atoms with Crippen LogP contribution in [0.2, 0.25) is 0 Å².